The first-order chi connectivity index (χ1) is 8.05. The van der Waals surface area contributed by atoms with Crippen molar-refractivity contribution in [1.82, 2.24) is 0 Å². The maximum absolute atomic E-state index is 6.20. The van der Waals surface area contributed by atoms with E-state index in [2.05, 4.69) is 46.2 Å². The highest BCUT2D eigenvalue weighted by Gasteiger charge is 2.47. The minimum Gasteiger partial charge on any atom is -0.434 e. The molecule has 8 heteroatoms. The van der Waals surface area contributed by atoms with E-state index in [1.54, 1.807) is 0 Å². The van der Waals surface area contributed by atoms with Crippen LogP contribution in [0.1, 0.15) is 19.8 Å². The lowest BCUT2D eigenvalue weighted by Gasteiger charge is -2.43. The van der Waals surface area contributed by atoms with Gasteiger partial charge in [0.2, 0.25) is 0 Å². The zero-order valence-electron chi connectivity index (χ0n) is 12.8. The normalized spacial score (nSPS) is 26.5. The van der Waals surface area contributed by atoms with E-state index in [0.717, 1.165) is 19.2 Å². The third kappa shape index (κ3) is 5.68. The molecule has 0 N–H and O–H groups in total. The Labute approximate surface area is 115 Å². The number of hydrogen-bond donors (Lipinski definition) is 0. The van der Waals surface area contributed by atoms with Crippen molar-refractivity contribution in [1.29, 1.82) is 0 Å². The van der Waals surface area contributed by atoms with Gasteiger partial charge in [-0.15, -0.1) is 0 Å². The first-order valence-electron chi connectivity index (χ1n) is 6.81. The first-order valence-corrected chi connectivity index (χ1v) is 15.3. The van der Waals surface area contributed by atoms with Crippen molar-refractivity contribution < 1.29 is 16.9 Å². The molecule has 0 aromatic heterocycles. The minimum absolute atomic E-state index is 0.154. The molecular weight excluding hydrogens is 279 g/mol. The SMILES string of the molecule is CCCCB1O[Si](C)(C)O[Si](C)(C)O[Si](C)(C)O1. The largest absolute Gasteiger partial charge is 0.438 e. The number of hydrogen-bond acceptors (Lipinski definition) is 4. The van der Waals surface area contributed by atoms with E-state index >= 15 is 0 Å². The van der Waals surface area contributed by atoms with Crippen LogP contribution in [0.4, 0.5) is 0 Å². The lowest BCUT2D eigenvalue weighted by molar-refractivity contribution is 0.247. The van der Waals surface area contributed by atoms with E-state index in [0.29, 0.717) is 0 Å². The molecule has 0 aliphatic carbocycles. The van der Waals surface area contributed by atoms with Gasteiger partial charge in [-0.1, -0.05) is 19.8 Å². The fraction of sp³-hybridized carbons (Fsp3) is 1.00. The summed E-state index contributed by atoms with van der Waals surface area (Å²) in [6.45, 7) is 14.6. The summed E-state index contributed by atoms with van der Waals surface area (Å²) in [4.78, 5) is 0. The van der Waals surface area contributed by atoms with Crippen LogP contribution in [-0.4, -0.2) is 32.8 Å². The van der Waals surface area contributed by atoms with Crippen LogP contribution in [0, 0.1) is 0 Å². The lowest BCUT2D eigenvalue weighted by atomic mass is 9.84. The third-order valence-electron chi connectivity index (χ3n) is 2.61. The van der Waals surface area contributed by atoms with Crippen molar-refractivity contribution in [2.24, 2.45) is 0 Å². The smallest absolute Gasteiger partial charge is 0.434 e. The van der Waals surface area contributed by atoms with Crippen molar-refractivity contribution in [2.75, 3.05) is 0 Å². The topological polar surface area (TPSA) is 36.9 Å². The van der Waals surface area contributed by atoms with Crippen LogP contribution < -0.4 is 0 Å². The van der Waals surface area contributed by atoms with Gasteiger partial charge >= 0.3 is 32.8 Å². The Balaban J connectivity index is 2.80. The molecule has 18 heavy (non-hydrogen) atoms. The molecule has 1 heterocycles. The van der Waals surface area contributed by atoms with Crippen LogP contribution in [0.3, 0.4) is 0 Å². The fourth-order valence-corrected chi connectivity index (χ4v) is 14.5. The highest BCUT2D eigenvalue weighted by Crippen LogP contribution is 2.27. The molecule has 0 radical (unpaired) electrons. The Morgan fingerprint density at radius 2 is 1.22 bits per heavy atom. The summed E-state index contributed by atoms with van der Waals surface area (Å²) in [5.41, 5.74) is 0. The van der Waals surface area contributed by atoms with E-state index in [4.69, 9.17) is 16.9 Å². The Bertz CT molecular complexity index is 264. The quantitative estimate of drug-likeness (QED) is 0.748. The van der Waals surface area contributed by atoms with E-state index in [-0.39, 0.29) is 7.12 Å². The van der Waals surface area contributed by atoms with Gasteiger partial charge in [-0.25, -0.2) is 0 Å². The van der Waals surface area contributed by atoms with Crippen molar-refractivity contribution in [3.63, 3.8) is 0 Å². The van der Waals surface area contributed by atoms with E-state index in [9.17, 15) is 0 Å². The van der Waals surface area contributed by atoms with Gasteiger partial charge in [0.1, 0.15) is 0 Å². The van der Waals surface area contributed by atoms with Crippen molar-refractivity contribution in [2.45, 2.75) is 65.4 Å². The lowest BCUT2D eigenvalue weighted by Crippen LogP contribution is -2.61. The van der Waals surface area contributed by atoms with Gasteiger partial charge in [-0.2, -0.15) is 0 Å². The molecule has 1 fully saturated rings. The van der Waals surface area contributed by atoms with Gasteiger partial charge in [0, 0.05) is 0 Å². The molecule has 0 atom stereocenters. The standard InChI is InChI=1S/C10H27BO4Si3/c1-8-9-10-11-12-16(2,3)14-18(6,7)15-17(4,5)13-11/h8-10H2,1-7H3. The second-order valence-electron chi connectivity index (χ2n) is 6.21. The molecule has 0 saturated carbocycles. The van der Waals surface area contributed by atoms with E-state index < -0.39 is 25.7 Å². The summed E-state index contributed by atoms with van der Waals surface area (Å²) in [7, 11) is -6.59. The molecule has 0 bridgehead atoms. The summed E-state index contributed by atoms with van der Waals surface area (Å²) >= 11 is 0. The Hall–Kier alpha value is 0.556. The highest BCUT2D eigenvalue weighted by molar-refractivity contribution is 6.89. The van der Waals surface area contributed by atoms with Crippen LogP contribution in [-0.2, 0) is 16.9 Å². The summed E-state index contributed by atoms with van der Waals surface area (Å²) in [6, 6.07) is 0. The molecule has 0 spiro atoms. The van der Waals surface area contributed by atoms with E-state index in [1.807, 2.05) is 0 Å². The van der Waals surface area contributed by atoms with E-state index in [1.165, 1.54) is 0 Å². The van der Waals surface area contributed by atoms with Gasteiger partial charge in [0.05, 0.1) is 0 Å². The number of unbranched alkanes of at least 4 members (excludes halogenated alkanes) is 1. The van der Waals surface area contributed by atoms with Crippen LogP contribution in [0.2, 0.25) is 45.6 Å². The molecule has 1 aliphatic heterocycles. The van der Waals surface area contributed by atoms with Crippen LogP contribution in [0.25, 0.3) is 0 Å². The van der Waals surface area contributed by atoms with Crippen LogP contribution >= 0.6 is 0 Å². The Morgan fingerprint density at radius 1 is 0.778 bits per heavy atom. The molecule has 4 nitrogen and oxygen atoms in total. The Kier molecular flexibility index (Phi) is 5.45. The minimum atomic E-state index is -2.15. The second kappa shape index (κ2) is 5.90. The molecular formula is C10H27BO4Si3. The summed E-state index contributed by atoms with van der Waals surface area (Å²) in [5.74, 6) is 0. The van der Waals surface area contributed by atoms with Gasteiger partial charge in [-0.3, -0.25) is 0 Å². The fourth-order valence-electron chi connectivity index (χ4n) is 2.40. The third-order valence-corrected chi connectivity index (χ3v) is 12.1. The van der Waals surface area contributed by atoms with Crippen LogP contribution in [0.5, 0.6) is 0 Å². The van der Waals surface area contributed by atoms with Gasteiger partial charge in [0.15, 0.2) is 0 Å². The summed E-state index contributed by atoms with van der Waals surface area (Å²) < 4.78 is 24.7. The summed E-state index contributed by atoms with van der Waals surface area (Å²) in [5, 5.41) is 0. The van der Waals surface area contributed by atoms with Crippen molar-refractivity contribution in [3.05, 3.63) is 0 Å². The van der Waals surface area contributed by atoms with Gasteiger partial charge in [-0.05, 0) is 45.6 Å². The molecule has 1 rings (SSSR count). The summed E-state index contributed by atoms with van der Waals surface area (Å²) in [6.07, 6.45) is 3.19. The van der Waals surface area contributed by atoms with Gasteiger partial charge < -0.3 is 16.9 Å². The van der Waals surface area contributed by atoms with Crippen molar-refractivity contribution >= 4 is 32.8 Å². The zero-order chi connectivity index (χ0) is 14.0. The second-order valence-corrected chi connectivity index (χ2v) is 16.7. The maximum Gasteiger partial charge on any atom is 0.438 e. The predicted octanol–water partition coefficient (Wildman–Crippen LogP) is 3.46. The highest BCUT2D eigenvalue weighted by atomic mass is 28.5. The molecule has 1 aliphatic rings. The molecule has 0 unspecified atom stereocenters. The molecule has 106 valence electrons. The Morgan fingerprint density at radius 3 is 1.61 bits per heavy atom. The maximum atomic E-state index is 6.20. The monoisotopic (exact) mass is 306 g/mol. The zero-order valence-corrected chi connectivity index (χ0v) is 15.8. The molecule has 0 amide bonds. The molecule has 0 aromatic rings. The van der Waals surface area contributed by atoms with Crippen LogP contribution in [0.15, 0.2) is 0 Å². The van der Waals surface area contributed by atoms with Gasteiger partial charge in [0.25, 0.3) is 0 Å². The first kappa shape index (κ1) is 16.6. The van der Waals surface area contributed by atoms with Crippen molar-refractivity contribution in [3.8, 4) is 0 Å². The average molecular weight is 306 g/mol. The molecule has 0 aromatic carbocycles. The predicted molar refractivity (Wildman–Crippen MR) is 82.3 cm³/mol. The number of rotatable bonds is 3. The average Bonchev–Trinajstić information content (AvgIpc) is 2.06. The molecule has 1 saturated heterocycles.